The second kappa shape index (κ2) is 5.00. The van der Waals surface area contributed by atoms with Crippen molar-refractivity contribution < 1.29 is 26.7 Å². The van der Waals surface area contributed by atoms with Crippen LogP contribution in [-0.4, -0.2) is 19.2 Å². The number of alkyl halides is 5. The lowest BCUT2D eigenvalue weighted by Crippen LogP contribution is -2.45. The summed E-state index contributed by atoms with van der Waals surface area (Å²) in [6, 6.07) is 0.919. The molecule has 0 aliphatic heterocycles. The van der Waals surface area contributed by atoms with Crippen molar-refractivity contribution in [1.82, 2.24) is 0 Å². The molecule has 18 heavy (non-hydrogen) atoms. The summed E-state index contributed by atoms with van der Waals surface area (Å²) in [4.78, 5) is 0. The van der Waals surface area contributed by atoms with Gasteiger partial charge in [-0.3, -0.25) is 0 Å². The molecule has 0 amide bonds. The van der Waals surface area contributed by atoms with Crippen LogP contribution >= 0.6 is 15.9 Å². The van der Waals surface area contributed by atoms with E-state index in [1.165, 1.54) is 13.2 Å². The molecule has 1 aromatic carbocycles. The Labute approximate surface area is 108 Å². The second-order valence-electron chi connectivity index (χ2n) is 3.49. The SMILES string of the molecule is COc1ccc(C(N)C(F)(F)C(F)(F)F)cc1Br. The number of benzene rings is 1. The average molecular weight is 334 g/mol. The molecule has 0 spiro atoms. The van der Waals surface area contributed by atoms with Gasteiger partial charge in [0.2, 0.25) is 0 Å². The molecule has 8 heteroatoms. The maximum absolute atomic E-state index is 13.0. The van der Waals surface area contributed by atoms with Gasteiger partial charge in [-0.2, -0.15) is 22.0 Å². The normalized spacial score (nSPS) is 14.4. The van der Waals surface area contributed by atoms with Crippen molar-refractivity contribution in [3.63, 3.8) is 0 Å². The summed E-state index contributed by atoms with van der Waals surface area (Å²) >= 11 is 2.99. The van der Waals surface area contributed by atoms with Crippen LogP contribution in [0.5, 0.6) is 5.75 Å². The molecule has 1 unspecified atom stereocenters. The molecule has 0 saturated carbocycles. The largest absolute Gasteiger partial charge is 0.496 e. The van der Waals surface area contributed by atoms with E-state index in [4.69, 9.17) is 10.5 Å². The third kappa shape index (κ3) is 2.74. The molecule has 0 radical (unpaired) electrons. The molecule has 2 N–H and O–H groups in total. The number of hydrogen-bond donors (Lipinski definition) is 1. The number of rotatable bonds is 3. The summed E-state index contributed by atoms with van der Waals surface area (Å²) in [5.74, 6) is -4.69. The first-order valence-corrected chi connectivity index (χ1v) is 5.44. The van der Waals surface area contributed by atoms with Crippen LogP contribution in [0.25, 0.3) is 0 Å². The Balaban J connectivity index is 3.12. The molecule has 1 aromatic rings. The number of ether oxygens (including phenoxy) is 1. The third-order valence-corrected chi connectivity index (χ3v) is 2.92. The monoisotopic (exact) mass is 333 g/mol. The molecule has 2 nitrogen and oxygen atoms in total. The van der Waals surface area contributed by atoms with E-state index in [2.05, 4.69) is 15.9 Å². The highest BCUT2D eigenvalue weighted by atomic mass is 79.9. The van der Waals surface area contributed by atoms with Crippen molar-refractivity contribution >= 4 is 15.9 Å². The quantitative estimate of drug-likeness (QED) is 0.857. The first kappa shape index (κ1) is 15.2. The average Bonchev–Trinajstić information content (AvgIpc) is 2.26. The maximum atomic E-state index is 13.0. The van der Waals surface area contributed by atoms with E-state index in [1.807, 2.05) is 0 Å². The van der Waals surface area contributed by atoms with Crippen molar-refractivity contribution in [2.75, 3.05) is 7.11 Å². The van der Waals surface area contributed by atoms with Gasteiger partial charge in [0.25, 0.3) is 0 Å². The van der Waals surface area contributed by atoms with E-state index in [9.17, 15) is 22.0 Å². The smallest absolute Gasteiger partial charge is 0.455 e. The van der Waals surface area contributed by atoms with E-state index in [0.717, 1.165) is 12.1 Å². The standard InChI is InChI=1S/C10H9BrF5NO/c1-18-7-3-2-5(4-6(7)11)8(17)9(12,13)10(14,15)16/h2-4,8H,17H2,1H3. The van der Waals surface area contributed by atoms with Crippen LogP contribution < -0.4 is 10.5 Å². The zero-order chi connectivity index (χ0) is 14.1. The minimum absolute atomic E-state index is 0.246. The molecule has 0 bridgehead atoms. The first-order valence-electron chi connectivity index (χ1n) is 4.64. The molecular weight excluding hydrogens is 325 g/mol. The van der Waals surface area contributed by atoms with Crippen LogP contribution in [-0.2, 0) is 0 Å². The van der Waals surface area contributed by atoms with E-state index < -0.39 is 18.1 Å². The van der Waals surface area contributed by atoms with E-state index in [-0.39, 0.29) is 10.0 Å². The van der Waals surface area contributed by atoms with E-state index in [0.29, 0.717) is 5.75 Å². The minimum atomic E-state index is -5.70. The molecule has 0 fully saturated rings. The highest BCUT2D eigenvalue weighted by Crippen LogP contribution is 2.44. The summed E-state index contributed by atoms with van der Waals surface area (Å²) in [6.07, 6.45) is -5.70. The molecule has 1 atom stereocenters. The lowest BCUT2D eigenvalue weighted by atomic mass is 10.0. The fourth-order valence-corrected chi connectivity index (χ4v) is 1.82. The predicted octanol–water partition coefficient (Wildman–Crippen LogP) is 3.66. The fourth-order valence-electron chi connectivity index (χ4n) is 1.26. The number of hydrogen-bond acceptors (Lipinski definition) is 2. The van der Waals surface area contributed by atoms with Crippen LogP contribution in [0.2, 0.25) is 0 Å². The van der Waals surface area contributed by atoms with Gasteiger partial charge in [0.05, 0.1) is 11.6 Å². The summed E-state index contributed by atoms with van der Waals surface area (Å²) in [7, 11) is 1.34. The lowest BCUT2D eigenvalue weighted by Gasteiger charge is -2.26. The number of nitrogens with two attached hydrogens (primary N) is 1. The fraction of sp³-hybridized carbons (Fsp3) is 0.400. The second-order valence-corrected chi connectivity index (χ2v) is 4.35. The van der Waals surface area contributed by atoms with Crippen LogP contribution in [0.1, 0.15) is 11.6 Å². The summed E-state index contributed by atoms with van der Waals surface area (Å²) in [6.45, 7) is 0. The molecule has 1 rings (SSSR count). The van der Waals surface area contributed by atoms with Crippen LogP contribution in [0.3, 0.4) is 0 Å². The van der Waals surface area contributed by atoms with Crippen molar-refractivity contribution in [2.45, 2.75) is 18.1 Å². The van der Waals surface area contributed by atoms with Gasteiger partial charge in [-0.25, -0.2) is 0 Å². The summed E-state index contributed by atoms with van der Waals surface area (Å²) in [5, 5.41) is 0. The van der Waals surface area contributed by atoms with Crippen LogP contribution in [0.15, 0.2) is 22.7 Å². The zero-order valence-electron chi connectivity index (χ0n) is 9.06. The molecule has 0 aliphatic carbocycles. The number of methoxy groups -OCH3 is 1. The van der Waals surface area contributed by atoms with Gasteiger partial charge >= 0.3 is 12.1 Å². The van der Waals surface area contributed by atoms with Gasteiger partial charge < -0.3 is 10.5 Å². The third-order valence-electron chi connectivity index (χ3n) is 2.30. The van der Waals surface area contributed by atoms with Gasteiger partial charge in [-0.1, -0.05) is 6.07 Å². The molecule has 0 aromatic heterocycles. The van der Waals surface area contributed by atoms with Crippen molar-refractivity contribution in [3.05, 3.63) is 28.2 Å². The number of halogens is 6. The molecule has 102 valence electrons. The zero-order valence-corrected chi connectivity index (χ0v) is 10.6. The van der Waals surface area contributed by atoms with Gasteiger partial charge in [-0.15, -0.1) is 0 Å². The van der Waals surface area contributed by atoms with Crippen molar-refractivity contribution in [3.8, 4) is 5.75 Å². The summed E-state index contributed by atoms with van der Waals surface area (Å²) < 4.78 is 67.6. The van der Waals surface area contributed by atoms with Crippen LogP contribution in [0, 0.1) is 0 Å². The Hall–Kier alpha value is -0.890. The Morgan fingerprint density at radius 1 is 1.22 bits per heavy atom. The molecular formula is C10H9BrF5NO. The Bertz CT molecular complexity index is 435. The predicted molar refractivity (Wildman–Crippen MR) is 58.6 cm³/mol. The van der Waals surface area contributed by atoms with E-state index >= 15 is 0 Å². The van der Waals surface area contributed by atoms with Gasteiger partial charge in [0.15, 0.2) is 0 Å². The Morgan fingerprint density at radius 3 is 2.17 bits per heavy atom. The van der Waals surface area contributed by atoms with Gasteiger partial charge in [-0.05, 0) is 33.6 Å². The van der Waals surface area contributed by atoms with Gasteiger partial charge in [0.1, 0.15) is 11.8 Å². The highest BCUT2D eigenvalue weighted by Gasteiger charge is 2.61. The van der Waals surface area contributed by atoms with Crippen molar-refractivity contribution in [2.24, 2.45) is 5.73 Å². The van der Waals surface area contributed by atoms with Gasteiger partial charge in [0, 0.05) is 0 Å². The highest BCUT2D eigenvalue weighted by molar-refractivity contribution is 9.10. The Kier molecular flexibility index (Phi) is 4.22. The summed E-state index contributed by atoms with van der Waals surface area (Å²) in [5.41, 5.74) is 4.65. The molecule has 0 aliphatic rings. The lowest BCUT2D eigenvalue weighted by molar-refractivity contribution is -0.291. The first-order chi connectivity index (χ1) is 8.11. The van der Waals surface area contributed by atoms with E-state index in [1.54, 1.807) is 0 Å². The molecule has 0 heterocycles. The van der Waals surface area contributed by atoms with Crippen molar-refractivity contribution in [1.29, 1.82) is 0 Å². The molecule has 0 saturated heterocycles. The Morgan fingerprint density at radius 2 is 1.78 bits per heavy atom. The topological polar surface area (TPSA) is 35.2 Å². The minimum Gasteiger partial charge on any atom is -0.496 e. The van der Waals surface area contributed by atoms with Crippen LogP contribution in [0.4, 0.5) is 22.0 Å². The maximum Gasteiger partial charge on any atom is 0.455 e.